The Morgan fingerprint density at radius 1 is 1.27 bits per heavy atom. The first-order valence-electron chi connectivity index (χ1n) is 6.68. The van der Waals surface area contributed by atoms with Gasteiger partial charge < -0.3 is 10.1 Å². The Bertz CT molecular complexity index is 199. The number of nitrogens with one attached hydrogen (secondary N) is 1. The maximum absolute atomic E-state index is 5.89. The van der Waals surface area contributed by atoms with Gasteiger partial charge in [0.25, 0.3) is 0 Å². The van der Waals surface area contributed by atoms with Crippen molar-refractivity contribution in [2.24, 2.45) is 5.41 Å². The Balaban J connectivity index is 1.92. The van der Waals surface area contributed by atoms with Crippen LogP contribution in [0, 0.1) is 5.41 Å². The Morgan fingerprint density at radius 3 is 2.60 bits per heavy atom. The normalized spacial score (nSPS) is 33.2. The second kappa shape index (κ2) is 4.84. The Hall–Kier alpha value is -0.0800. The molecule has 2 saturated carbocycles. The van der Waals surface area contributed by atoms with Crippen LogP contribution in [0.2, 0.25) is 0 Å². The van der Waals surface area contributed by atoms with E-state index in [4.69, 9.17) is 4.74 Å². The minimum atomic E-state index is 0.519. The molecule has 2 heteroatoms. The molecule has 0 heterocycles. The molecule has 0 radical (unpaired) electrons. The second-order valence-corrected chi connectivity index (χ2v) is 5.13. The first-order chi connectivity index (χ1) is 7.33. The van der Waals surface area contributed by atoms with Crippen molar-refractivity contribution >= 4 is 0 Å². The van der Waals surface area contributed by atoms with Gasteiger partial charge in [-0.2, -0.15) is 0 Å². The third-order valence-corrected chi connectivity index (χ3v) is 4.33. The van der Waals surface area contributed by atoms with Gasteiger partial charge >= 0.3 is 0 Å². The number of hydrogen-bond donors (Lipinski definition) is 1. The number of ether oxygens (including phenoxy) is 1. The maximum Gasteiger partial charge on any atom is 0.0661 e. The second-order valence-electron chi connectivity index (χ2n) is 5.13. The van der Waals surface area contributed by atoms with E-state index in [1.54, 1.807) is 0 Å². The lowest BCUT2D eigenvalue weighted by molar-refractivity contribution is -0.130. The van der Waals surface area contributed by atoms with Crippen LogP contribution < -0.4 is 5.32 Å². The van der Waals surface area contributed by atoms with Gasteiger partial charge in [-0.05, 0) is 39.2 Å². The zero-order chi connectivity index (χ0) is 10.7. The molecule has 0 aromatic rings. The summed E-state index contributed by atoms with van der Waals surface area (Å²) in [6.07, 6.45) is 8.64. The van der Waals surface area contributed by atoms with E-state index in [0.717, 1.165) is 12.6 Å². The third kappa shape index (κ3) is 1.94. The lowest BCUT2D eigenvalue weighted by atomic mass is 9.60. The SMILES string of the molecule is CCCN[C@@H]1C[C@@H](OCC)C12CCCC2. The van der Waals surface area contributed by atoms with Crippen LogP contribution in [0.1, 0.15) is 52.4 Å². The van der Waals surface area contributed by atoms with Crippen molar-refractivity contribution in [2.45, 2.75) is 64.5 Å². The summed E-state index contributed by atoms with van der Waals surface area (Å²) in [6.45, 7) is 6.42. The molecule has 2 aliphatic rings. The van der Waals surface area contributed by atoms with E-state index in [0.29, 0.717) is 11.5 Å². The van der Waals surface area contributed by atoms with Gasteiger partial charge in [-0.3, -0.25) is 0 Å². The van der Waals surface area contributed by atoms with Crippen molar-refractivity contribution in [2.75, 3.05) is 13.2 Å². The van der Waals surface area contributed by atoms with Gasteiger partial charge in [0.15, 0.2) is 0 Å². The highest BCUT2D eigenvalue weighted by atomic mass is 16.5. The summed E-state index contributed by atoms with van der Waals surface area (Å²) in [4.78, 5) is 0. The van der Waals surface area contributed by atoms with Gasteiger partial charge in [-0.15, -0.1) is 0 Å². The number of hydrogen-bond acceptors (Lipinski definition) is 2. The van der Waals surface area contributed by atoms with Crippen LogP contribution in [0.3, 0.4) is 0 Å². The summed E-state index contributed by atoms with van der Waals surface area (Å²) >= 11 is 0. The molecule has 0 unspecified atom stereocenters. The van der Waals surface area contributed by atoms with Crippen molar-refractivity contribution in [3.8, 4) is 0 Å². The van der Waals surface area contributed by atoms with Crippen molar-refractivity contribution in [3.63, 3.8) is 0 Å². The van der Waals surface area contributed by atoms with E-state index in [1.807, 2.05) is 0 Å². The maximum atomic E-state index is 5.89. The predicted molar refractivity (Wildman–Crippen MR) is 63.0 cm³/mol. The highest BCUT2D eigenvalue weighted by molar-refractivity contribution is 5.09. The minimum absolute atomic E-state index is 0.519. The van der Waals surface area contributed by atoms with Crippen LogP contribution in [0.15, 0.2) is 0 Å². The van der Waals surface area contributed by atoms with Crippen LogP contribution in [0.5, 0.6) is 0 Å². The van der Waals surface area contributed by atoms with Gasteiger partial charge in [-0.25, -0.2) is 0 Å². The van der Waals surface area contributed by atoms with E-state index in [2.05, 4.69) is 19.2 Å². The van der Waals surface area contributed by atoms with Gasteiger partial charge in [0.1, 0.15) is 0 Å². The monoisotopic (exact) mass is 211 g/mol. The zero-order valence-corrected chi connectivity index (χ0v) is 10.2. The molecule has 2 fully saturated rings. The van der Waals surface area contributed by atoms with Crippen LogP contribution in [0.25, 0.3) is 0 Å². The van der Waals surface area contributed by atoms with E-state index in [1.165, 1.54) is 45.1 Å². The van der Waals surface area contributed by atoms with Crippen molar-refractivity contribution in [1.82, 2.24) is 5.32 Å². The standard InChI is InChI=1S/C13H25NO/c1-3-9-14-11-10-12(15-4-2)13(11)7-5-6-8-13/h11-12,14H,3-10H2,1-2H3/t11-,12-/m1/s1. The van der Waals surface area contributed by atoms with Crippen LogP contribution >= 0.6 is 0 Å². The molecule has 2 aliphatic carbocycles. The summed E-state index contributed by atoms with van der Waals surface area (Å²) in [5.41, 5.74) is 0.519. The molecule has 1 N–H and O–H groups in total. The molecule has 0 aliphatic heterocycles. The summed E-state index contributed by atoms with van der Waals surface area (Å²) in [6, 6.07) is 0.747. The molecule has 0 aromatic carbocycles. The topological polar surface area (TPSA) is 21.3 Å². The molecule has 0 saturated heterocycles. The largest absolute Gasteiger partial charge is 0.378 e. The van der Waals surface area contributed by atoms with E-state index in [9.17, 15) is 0 Å². The smallest absolute Gasteiger partial charge is 0.0661 e. The molecule has 2 rings (SSSR count). The molecule has 1 spiro atoms. The summed E-state index contributed by atoms with van der Waals surface area (Å²) in [7, 11) is 0. The van der Waals surface area contributed by atoms with Gasteiger partial charge in [0.2, 0.25) is 0 Å². The lowest BCUT2D eigenvalue weighted by Crippen LogP contribution is -2.62. The van der Waals surface area contributed by atoms with Gasteiger partial charge in [-0.1, -0.05) is 19.8 Å². The molecule has 88 valence electrons. The molecule has 0 aromatic heterocycles. The van der Waals surface area contributed by atoms with Crippen LogP contribution in [-0.2, 0) is 4.74 Å². The highest BCUT2D eigenvalue weighted by Gasteiger charge is 2.56. The van der Waals surface area contributed by atoms with Crippen LogP contribution in [0.4, 0.5) is 0 Å². The molecule has 0 bridgehead atoms. The molecular weight excluding hydrogens is 186 g/mol. The Morgan fingerprint density at radius 2 is 2.00 bits per heavy atom. The fraction of sp³-hybridized carbons (Fsp3) is 1.00. The number of rotatable bonds is 5. The fourth-order valence-corrected chi connectivity index (χ4v) is 3.49. The summed E-state index contributed by atoms with van der Waals surface area (Å²) in [5.74, 6) is 0. The third-order valence-electron chi connectivity index (χ3n) is 4.33. The predicted octanol–water partition coefficient (Wildman–Crippen LogP) is 2.72. The average Bonchev–Trinajstić information content (AvgIpc) is 2.74. The lowest BCUT2D eigenvalue weighted by Gasteiger charge is -2.54. The van der Waals surface area contributed by atoms with Crippen LogP contribution in [-0.4, -0.2) is 25.3 Å². The van der Waals surface area contributed by atoms with Crippen molar-refractivity contribution < 1.29 is 4.74 Å². The first kappa shape index (κ1) is 11.4. The van der Waals surface area contributed by atoms with Crippen molar-refractivity contribution in [1.29, 1.82) is 0 Å². The fourth-order valence-electron chi connectivity index (χ4n) is 3.49. The Labute approximate surface area is 93.8 Å². The van der Waals surface area contributed by atoms with Crippen molar-refractivity contribution in [3.05, 3.63) is 0 Å². The van der Waals surface area contributed by atoms with E-state index < -0.39 is 0 Å². The summed E-state index contributed by atoms with van der Waals surface area (Å²) in [5, 5.41) is 3.71. The molecule has 2 atom stereocenters. The first-order valence-corrected chi connectivity index (χ1v) is 6.68. The van der Waals surface area contributed by atoms with Gasteiger partial charge in [0, 0.05) is 18.1 Å². The molecule has 2 nitrogen and oxygen atoms in total. The highest BCUT2D eigenvalue weighted by Crippen LogP contribution is 2.54. The Kier molecular flexibility index (Phi) is 3.68. The quantitative estimate of drug-likeness (QED) is 0.755. The minimum Gasteiger partial charge on any atom is -0.378 e. The summed E-state index contributed by atoms with van der Waals surface area (Å²) < 4.78 is 5.89. The molecule has 0 amide bonds. The van der Waals surface area contributed by atoms with E-state index >= 15 is 0 Å². The molecular formula is C13H25NO. The van der Waals surface area contributed by atoms with E-state index in [-0.39, 0.29) is 0 Å². The molecule has 15 heavy (non-hydrogen) atoms. The van der Waals surface area contributed by atoms with Gasteiger partial charge in [0.05, 0.1) is 6.10 Å². The zero-order valence-electron chi connectivity index (χ0n) is 10.2. The average molecular weight is 211 g/mol.